The number of halogens is 1. The third kappa shape index (κ3) is 4.35. The number of carbonyl (C=O) groups is 1. The number of aryl methyl sites for hydroxylation is 1. The fourth-order valence-electron chi connectivity index (χ4n) is 5.16. The van der Waals surface area contributed by atoms with E-state index in [1.165, 1.54) is 5.56 Å². The van der Waals surface area contributed by atoms with Crippen LogP contribution in [-0.2, 0) is 11.2 Å². The molecule has 3 aromatic rings. The van der Waals surface area contributed by atoms with Crippen LogP contribution in [0.4, 0.5) is 4.39 Å². The van der Waals surface area contributed by atoms with Gasteiger partial charge in [-0.05, 0) is 83.0 Å². The average molecular weight is 458 g/mol. The predicted molar refractivity (Wildman–Crippen MR) is 131 cm³/mol. The van der Waals surface area contributed by atoms with Crippen molar-refractivity contribution in [3.05, 3.63) is 82.8 Å². The zero-order chi connectivity index (χ0) is 23.8. The lowest BCUT2D eigenvalue weighted by atomic mass is 9.80. The Morgan fingerprint density at radius 3 is 2.59 bits per heavy atom. The smallest absolute Gasteiger partial charge is 0.306 e. The third-order valence-electron chi connectivity index (χ3n) is 7.20. The van der Waals surface area contributed by atoms with E-state index >= 15 is 4.39 Å². The minimum absolute atomic E-state index is 0.0231. The fraction of sp³-hybridized carbons (Fsp3) is 0.310. The van der Waals surface area contributed by atoms with Crippen LogP contribution in [0.1, 0.15) is 54.4 Å². The fourth-order valence-corrected chi connectivity index (χ4v) is 5.16. The molecule has 2 aliphatic carbocycles. The Hall–Kier alpha value is -3.47. The van der Waals surface area contributed by atoms with Gasteiger partial charge in [-0.1, -0.05) is 43.3 Å². The van der Waals surface area contributed by atoms with Crippen LogP contribution >= 0.6 is 0 Å². The molecule has 1 saturated carbocycles. The summed E-state index contributed by atoms with van der Waals surface area (Å²) in [4.78, 5) is 15.8. The van der Waals surface area contributed by atoms with Crippen LogP contribution in [0.2, 0.25) is 0 Å². The summed E-state index contributed by atoms with van der Waals surface area (Å²) in [6, 6.07) is 15.3. The lowest BCUT2D eigenvalue weighted by Crippen LogP contribution is -2.21. The van der Waals surface area contributed by atoms with Crippen LogP contribution in [0.5, 0.6) is 5.88 Å². The zero-order valence-corrected chi connectivity index (χ0v) is 19.4. The maximum Gasteiger partial charge on any atom is 0.306 e. The van der Waals surface area contributed by atoms with Gasteiger partial charge in [-0.3, -0.25) is 4.79 Å². The number of benzene rings is 2. The number of ether oxygens (including phenoxy) is 1. The molecule has 1 heterocycles. The second-order valence-corrected chi connectivity index (χ2v) is 9.40. The number of carboxylic acids is 1. The monoisotopic (exact) mass is 457 g/mol. The SMILES string of the molecule is COc1cc(-c2ccc(C3=Cc4cc([C@@H](C5CC5)[C@H](C)C(=O)O)ccc4CC3)c(F)c2)ccn1. The number of allylic oxidation sites excluding steroid dienone is 1. The average Bonchev–Trinajstić information content (AvgIpc) is 3.68. The Balaban J connectivity index is 1.46. The predicted octanol–water partition coefficient (Wildman–Crippen LogP) is 6.60. The first-order valence-corrected chi connectivity index (χ1v) is 11.8. The standard InChI is InChI=1S/C29H28FNO3/c1-17(29(32)33)28(19-5-6-19)23-8-4-18-3-7-22(13-24(18)14-23)25-10-9-20(15-26(25)30)21-11-12-31-27(16-21)34-2/h4,8-17,19,28H,3,5-7H2,1-2H3,(H,32,33)/t17-,28+/m0/s1. The van der Waals surface area contributed by atoms with E-state index in [9.17, 15) is 9.90 Å². The molecule has 1 fully saturated rings. The van der Waals surface area contributed by atoms with Crippen molar-refractivity contribution in [3.8, 4) is 17.0 Å². The Bertz CT molecular complexity index is 1280. The molecule has 0 aliphatic heterocycles. The van der Waals surface area contributed by atoms with Crippen molar-refractivity contribution in [2.45, 2.75) is 38.5 Å². The summed E-state index contributed by atoms with van der Waals surface area (Å²) in [5.41, 5.74) is 6.58. The van der Waals surface area contributed by atoms with Gasteiger partial charge < -0.3 is 9.84 Å². The van der Waals surface area contributed by atoms with Gasteiger partial charge in [-0.25, -0.2) is 9.37 Å². The summed E-state index contributed by atoms with van der Waals surface area (Å²) in [7, 11) is 1.56. The molecule has 0 amide bonds. The highest BCUT2D eigenvalue weighted by atomic mass is 19.1. The quantitative estimate of drug-likeness (QED) is 0.434. The minimum atomic E-state index is -0.750. The van der Waals surface area contributed by atoms with Crippen molar-refractivity contribution in [1.29, 1.82) is 0 Å². The van der Waals surface area contributed by atoms with Crippen LogP contribution < -0.4 is 4.74 Å². The third-order valence-corrected chi connectivity index (χ3v) is 7.20. The number of nitrogens with zero attached hydrogens (tertiary/aromatic N) is 1. The van der Waals surface area contributed by atoms with Crippen molar-refractivity contribution in [2.24, 2.45) is 11.8 Å². The molecule has 2 atom stereocenters. The highest BCUT2D eigenvalue weighted by Crippen LogP contribution is 2.47. The number of rotatable bonds is 7. The second kappa shape index (κ2) is 9.05. The van der Waals surface area contributed by atoms with Crippen LogP contribution in [0.3, 0.4) is 0 Å². The lowest BCUT2D eigenvalue weighted by molar-refractivity contribution is -0.142. The molecule has 5 heteroatoms. The van der Waals surface area contributed by atoms with Gasteiger partial charge in [0.1, 0.15) is 5.82 Å². The van der Waals surface area contributed by atoms with E-state index in [1.807, 2.05) is 18.2 Å². The first-order valence-electron chi connectivity index (χ1n) is 11.8. The van der Waals surface area contributed by atoms with E-state index in [4.69, 9.17) is 4.74 Å². The Morgan fingerprint density at radius 2 is 1.88 bits per heavy atom. The van der Waals surface area contributed by atoms with Gasteiger partial charge in [-0.15, -0.1) is 0 Å². The molecule has 4 nitrogen and oxygen atoms in total. The van der Waals surface area contributed by atoms with Gasteiger partial charge in [0.15, 0.2) is 0 Å². The molecule has 174 valence electrons. The zero-order valence-electron chi connectivity index (χ0n) is 19.4. The minimum Gasteiger partial charge on any atom is -0.481 e. The number of aromatic nitrogens is 1. The normalized spacial score (nSPS) is 16.9. The molecule has 1 aromatic heterocycles. The van der Waals surface area contributed by atoms with Gasteiger partial charge in [0.2, 0.25) is 5.88 Å². The number of fused-ring (bicyclic) bond motifs is 1. The van der Waals surface area contributed by atoms with Crippen molar-refractivity contribution in [2.75, 3.05) is 7.11 Å². The molecule has 0 unspecified atom stereocenters. The van der Waals surface area contributed by atoms with Crippen molar-refractivity contribution in [3.63, 3.8) is 0 Å². The van der Waals surface area contributed by atoms with Crippen LogP contribution in [0, 0.1) is 17.7 Å². The van der Waals surface area contributed by atoms with Crippen LogP contribution in [0.15, 0.2) is 54.7 Å². The summed E-state index contributed by atoms with van der Waals surface area (Å²) in [5.74, 6) is -0.474. The van der Waals surface area contributed by atoms with Crippen LogP contribution in [0.25, 0.3) is 22.8 Å². The van der Waals surface area contributed by atoms with Crippen LogP contribution in [-0.4, -0.2) is 23.2 Å². The molecular formula is C29H28FNO3. The largest absolute Gasteiger partial charge is 0.481 e. The van der Waals surface area contributed by atoms with E-state index in [1.54, 1.807) is 32.4 Å². The second-order valence-electron chi connectivity index (χ2n) is 9.40. The highest BCUT2D eigenvalue weighted by molar-refractivity contribution is 5.85. The number of aliphatic carboxylic acids is 1. The molecule has 1 N–H and O–H groups in total. The van der Waals surface area contributed by atoms with E-state index < -0.39 is 11.9 Å². The molecule has 0 saturated heterocycles. The molecule has 0 spiro atoms. The van der Waals surface area contributed by atoms with Gasteiger partial charge >= 0.3 is 5.97 Å². The van der Waals surface area contributed by atoms with Crippen molar-refractivity contribution >= 4 is 17.6 Å². The molecule has 34 heavy (non-hydrogen) atoms. The Kier molecular flexibility index (Phi) is 5.94. The summed E-state index contributed by atoms with van der Waals surface area (Å²) >= 11 is 0. The summed E-state index contributed by atoms with van der Waals surface area (Å²) in [6.07, 6.45) is 7.50. The van der Waals surface area contributed by atoms with E-state index in [-0.39, 0.29) is 11.7 Å². The van der Waals surface area contributed by atoms with Gasteiger partial charge in [0, 0.05) is 17.8 Å². The molecule has 0 bridgehead atoms. The van der Waals surface area contributed by atoms with E-state index in [2.05, 4.69) is 29.3 Å². The van der Waals surface area contributed by atoms with E-state index in [0.717, 1.165) is 53.5 Å². The van der Waals surface area contributed by atoms with Crippen molar-refractivity contribution in [1.82, 2.24) is 4.98 Å². The van der Waals surface area contributed by atoms with Gasteiger partial charge in [0.05, 0.1) is 13.0 Å². The molecular weight excluding hydrogens is 429 g/mol. The summed E-state index contributed by atoms with van der Waals surface area (Å²) in [5, 5.41) is 9.62. The maximum absolute atomic E-state index is 15.2. The lowest BCUT2D eigenvalue weighted by Gasteiger charge is -2.24. The highest BCUT2D eigenvalue weighted by Gasteiger charge is 2.38. The Labute approximate surface area is 199 Å². The number of hydrogen-bond donors (Lipinski definition) is 1. The molecule has 2 aliphatic rings. The van der Waals surface area contributed by atoms with Gasteiger partial charge in [0.25, 0.3) is 0 Å². The number of methoxy groups -OCH3 is 1. The first-order chi connectivity index (χ1) is 16.4. The number of carboxylic acid groups (broad SMARTS) is 1. The summed E-state index contributed by atoms with van der Waals surface area (Å²) < 4.78 is 20.4. The first kappa shape index (κ1) is 22.3. The summed E-state index contributed by atoms with van der Waals surface area (Å²) in [6.45, 7) is 1.81. The number of pyridine rings is 1. The van der Waals surface area contributed by atoms with E-state index in [0.29, 0.717) is 17.4 Å². The topological polar surface area (TPSA) is 59.4 Å². The van der Waals surface area contributed by atoms with Crippen molar-refractivity contribution < 1.29 is 19.0 Å². The number of hydrogen-bond acceptors (Lipinski definition) is 3. The van der Waals surface area contributed by atoms with Gasteiger partial charge in [-0.2, -0.15) is 0 Å². The molecule has 0 radical (unpaired) electrons. The molecule has 5 rings (SSSR count). The molecule has 2 aromatic carbocycles. The maximum atomic E-state index is 15.2. The Morgan fingerprint density at radius 1 is 1.09 bits per heavy atom.